The zero-order valence-electron chi connectivity index (χ0n) is 14.1. The van der Waals surface area contributed by atoms with Crippen molar-refractivity contribution in [1.82, 2.24) is 14.9 Å². The lowest BCUT2D eigenvalue weighted by Crippen LogP contribution is -2.46. The Morgan fingerprint density at radius 3 is 2.36 bits per heavy atom. The molecule has 0 atom stereocenters. The standard InChI is InChI=1S/C15H31N3O3S/c1-13(2)9-11-18(22(3,20)21)12-10-16-15(19)17-14-7-5-4-6-8-14/h13-14H,4-12H2,1-3H3,(H2,16,17,19). The maximum Gasteiger partial charge on any atom is 0.315 e. The van der Waals surface area contributed by atoms with Crippen molar-refractivity contribution in [3.8, 4) is 0 Å². The van der Waals surface area contributed by atoms with Gasteiger partial charge in [0.15, 0.2) is 0 Å². The number of hydrogen-bond acceptors (Lipinski definition) is 3. The molecule has 0 aromatic rings. The summed E-state index contributed by atoms with van der Waals surface area (Å²) < 4.78 is 24.9. The zero-order valence-corrected chi connectivity index (χ0v) is 14.9. The SMILES string of the molecule is CC(C)CCN(CCNC(=O)NC1CCCCC1)S(C)(=O)=O. The van der Waals surface area contributed by atoms with Crippen molar-refractivity contribution in [3.05, 3.63) is 0 Å². The molecule has 130 valence electrons. The van der Waals surface area contributed by atoms with Crippen molar-refractivity contribution >= 4 is 16.1 Å². The lowest BCUT2D eigenvalue weighted by atomic mass is 9.96. The molecule has 1 aliphatic carbocycles. The van der Waals surface area contributed by atoms with Crippen LogP contribution in [0.15, 0.2) is 0 Å². The van der Waals surface area contributed by atoms with Crippen LogP contribution in [0.4, 0.5) is 4.79 Å². The van der Waals surface area contributed by atoms with Crippen molar-refractivity contribution in [2.24, 2.45) is 5.92 Å². The van der Waals surface area contributed by atoms with Gasteiger partial charge < -0.3 is 10.6 Å². The molecule has 0 radical (unpaired) electrons. The Bertz CT molecular complexity index is 431. The second-order valence-corrected chi connectivity index (χ2v) is 8.56. The molecule has 0 heterocycles. The summed E-state index contributed by atoms with van der Waals surface area (Å²) in [6, 6.07) is 0.0740. The van der Waals surface area contributed by atoms with Crippen LogP contribution < -0.4 is 10.6 Å². The van der Waals surface area contributed by atoms with Gasteiger partial charge in [0.05, 0.1) is 6.26 Å². The quantitative estimate of drug-likeness (QED) is 0.712. The van der Waals surface area contributed by atoms with Crippen molar-refractivity contribution in [2.75, 3.05) is 25.9 Å². The van der Waals surface area contributed by atoms with Crippen molar-refractivity contribution in [3.63, 3.8) is 0 Å². The van der Waals surface area contributed by atoms with Crippen LogP contribution in [0.2, 0.25) is 0 Å². The van der Waals surface area contributed by atoms with Crippen molar-refractivity contribution in [2.45, 2.75) is 58.4 Å². The first-order valence-electron chi connectivity index (χ1n) is 8.28. The van der Waals surface area contributed by atoms with E-state index in [9.17, 15) is 13.2 Å². The topological polar surface area (TPSA) is 78.5 Å². The minimum Gasteiger partial charge on any atom is -0.337 e. The molecule has 0 saturated heterocycles. The third kappa shape index (κ3) is 7.98. The molecule has 7 heteroatoms. The first-order chi connectivity index (χ1) is 10.3. The van der Waals surface area contributed by atoms with Crippen LogP contribution in [0.1, 0.15) is 52.4 Å². The Morgan fingerprint density at radius 1 is 1.18 bits per heavy atom. The summed E-state index contributed by atoms with van der Waals surface area (Å²) in [5.74, 6) is 0.451. The molecular weight excluding hydrogens is 302 g/mol. The summed E-state index contributed by atoms with van der Waals surface area (Å²) in [5.41, 5.74) is 0. The highest BCUT2D eigenvalue weighted by Crippen LogP contribution is 2.17. The van der Waals surface area contributed by atoms with Gasteiger partial charge in [-0.05, 0) is 25.2 Å². The summed E-state index contributed by atoms with van der Waals surface area (Å²) in [4.78, 5) is 11.8. The molecule has 0 aliphatic heterocycles. The van der Waals surface area contributed by atoms with Crippen LogP contribution in [0.3, 0.4) is 0 Å². The van der Waals surface area contributed by atoms with E-state index in [0.29, 0.717) is 25.6 Å². The predicted octanol–water partition coefficient (Wildman–Crippen LogP) is 1.93. The number of urea groups is 1. The molecule has 1 rings (SSSR count). The van der Waals surface area contributed by atoms with Crippen molar-refractivity contribution < 1.29 is 13.2 Å². The Morgan fingerprint density at radius 2 is 1.82 bits per heavy atom. The lowest BCUT2D eigenvalue weighted by molar-refractivity contribution is 0.231. The van der Waals surface area contributed by atoms with Gasteiger partial charge in [-0.15, -0.1) is 0 Å². The Kier molecular flexibility index (Phi) is 8.17. The third-order valence-electron chi connectivity index (χ3n) is 4.01. The Balaban J connectivity index is 2.30. The number of hydrogen-bond donors (Lipinski definition) is 2. The van der Waals surface area contributed by atoms with Crippen LogP contribution >= 0.6 is 0 Å². The second-order valence-electron chi connectivity index (χ2n) is 6.58. The highest BCUT2D eigenvalue weighted by molar-refractivity contribution is 7.88. The number of nitrogens with one attached hydrogen (secondary N) is 2. The lowest BCUT2D eigenvalue weighted by Gasteiger charge is -2.24. The molecule has 0 aromatic carbocycles. The molecule has 0 unspecified atom stereocenters. The normalized spacial score (nSPS) is 17.0. The smallest absolute Gasteiger partial charge is 0.315 e. The number of nitrogens with zero attached hydrogens (tertiary/aromatic N) is 1. The van der Waals surface area contributed by atoms with E-state index in [2.05, 4.69) is 24.5 Å². The van der Waals surface area contributed by atoms with E-state index >= 15 is 0 Å². The van der Waals surface area contributed by atoms with E-state index in [1.807, 2.05) is 0 Å². The highest BCUT2D eigenvalue weighted by atomic mass is 32.2. The predicted molar refractivity (Wildman–Crippen MR) is 89.3 cm³/mol. The number of sulfonamides is 1. The van der Waals surface area contributed by atoms with Gasteiger partial charge in [-0.1, -0.05) is 33.1 Å². The third-order valence-corrected chi connectivity index (χ3v) is 5.32. The van der Waals surface area contributed by atoms with Crippen LogP contribution in [0.25, 0.3) is 0 Å². The van der Waals surface area contributed by atoms with Gasteiger partial charge in [0.25, 0.3) is 0 Å². The fourth-order valence-corrected chi connectivity index (χ4v) is 3.48. The fraction of sp³-hybridized carbons (Fsp3) is 0.933. The molecule has 0 spiro atoms. The van der Waals surface area contributed by atoms with E-state index in [4.69, 9.17) is 0 Å². The van der Waals surface area contributed by atoms with Crippen LogP contribution in [-0.2, 0) is 10.0 Å². The minimum absolute atomic E-state index is 0.191. The maximum atomic E-state index is 11.8. The Labute approximate surface area is 135 Å². The highest BCUT2D eigenvalue weighted by Gasteiger charge is 2.18. The van der Waals surface area contributed by atoms with Gasteiger partial charge in [0.2, 0.25) is 10.0 Å². The van der Waals surface area contributed by atoms with Crippen LogP contribution in [0, 0.1) is 5.92 Å². The summed E-state index contributed by atoms with van der Waals surface area (Å²) in [6.45, 7) is 5.29. The van der Waals surface area contributed by atoms with E-state index in [1.165, 1.54) is 29.8 Å². The monoisotopic (exact) mass is 333 g/mol. The number of amides is 2. The summed E-state index contributed by atoms with van der Waals surface area (Å²) in [7, 11) is -3.22. The molecule has 6 nitrogen and oxygen atoms in total. The van der Waals surface area contributed by atoms with E-state index in [1.54, 1.807) is 0 Å². The second kappa shape index (κ2) is 9.35. The molecule has 0 bridgehead atoms. The number of rotatable bonds is 8. The van der Waals surface area contributed by atoms with Crippen LogP contribution in [-0.4, -0.2) is 50.7 Å². The van der Waals surface area contributed by atoms with E-state index < -0.39 is 10.0 Å². The van der Waals surface area contributed by atoms with E-state index in [-0.39, 0.29) is 12.1 Å². The first-order valence-corrected chi connectivity index (χ1v) is 10.1. The van der Waals surface area contributed by atoms with Crippen LogP contribution in [0.5, 0.6) is 0 Å². The average Bonchev–Trinajstić information content (AvgIpc) is 2.42. The van der Waals surface area contributed by atoms with Gasteiger partial charge in [0, 0.05) is 25.7 Å². The van der Waals surface area contributed by atoms with Gasteiger partial charge in [-0.3, -0.25) is 0 Å². The summed E-state index contributed by atoms with van der Waals surface area (Å²) in [5, 5.41) is 5.73. The van der Waals surface area contributed by atoms with Gasteiger partial charge in [-0.25, -0.2) is 17.5 Å². The van der Waals surface area contributed by atoms with Gasteiger partial charge in [0.1, 0.15) is 0 Å². The molecule has 1 aliphatic rings. The fourth-order valence-electron chi connectivity index (χ4n) is 2.62. The number of carbonyl (C=O) groups excluding carboxylic acids is 1. The van der Waals surface area contributed by atoms with E-state index in [0.717, 1.165) is 19.3 Å². The Hall–Kier alpha value is -0.820. The molecule has 1 fully saturated rings. The molecule has 1 saturated carbocycles. The first kappa shape index (κ1) is 19.2. The molecular formula is C15H31N3O3S. The van der Waals surface area contributed by atoms with Gasteiger partial charge in [-0.2, -0.15) is 0 Å². The molecule has 2 amide bonds. The van der Waals surface area contributed by atoms with Gasteiger partial charge >= 0.3 is 6.03 Å². The molecule has 22 heavy (non-hydrogen) atoms. The largest absolute Gasteiger partial charge is 0.337 e. The van der Waals surface area contributed by atoms with Crippen molar-refractivity contribution in [1.29, 1.82) is 0 Å². The zero-order chi connectivity index (χ0) is 16.6. The summed E-state index contributed by atoms with van der Waals surface area (Å²) in [6.07, 6.45) is 7.70. The summed E-state index contributed by atoms with van der Waals surface area (Å²) >= 11 is 0. The maximum absolute atomic E-state index is 11.8. The minimum atomic E-state index is -3.22. The molecule has 2 N–H and O–H groups in total. The average molecular weight is 333 g/mol. The molecule has 0 aromatic heterocycles. The number of carbonyl (C=O) groups is 1.